The van der Waals surface area contributed by atoms with Gasteiger partial charge in [0, 0.05) is 12.1 Å². The second-order valence-electron chi connectivity index (χ2n) is 5.02. The van der Waals surface area contributed by atoms with E-state index in [0.717, 1.165) is 11.5 Å². The van der Waals surface area contributed by atoms with Gasteiger partial charge in [0.2, 0.25) is 0 Å². The molecule has 0 N–H and O–H groups in total. The lowest BCUT2D eigenvalue weighted by Gasteiger charge is -2.21. The highest BCUT2D eigenvalue weighted by atomic mass is 16.5. The summed E-state index contributed by atoms with van der Waals surface area (Å²) in [7, 11) is 0. The standard InChI is InChI=1S/C16H17O2/c1-16(2,3)18-15-11-7-10-14(12-15)17-13-8-5-4-6-9-13/h4-8,10-12H,1-3H3. The van der Waals surface area contributed by atoms with Gasteiger partial charge in [-0.2, -0.15) is 0 Å². The molecule has 0 aliphatic heterocycles. The van der Waals surface area contributed by atoms with Crippen molar-refractivity contribution in [1.29, 1.82) is 0 Å². The molecule has 0 aliphatic carbocycles. The van der Waals surface area contributed by atoms with E-state index < -0.39 is 0 Å². The van der Waals surface area contributed by atoms with Crippen LogP contribution in [0.4, 0.5) is 0 Å². The van der Waals surface area contributed by atoms with Crippen molar-refractivity contribution < 1.29 is 9.47 Å². The van der Waals surface area contributed by atoms with Crippen LogP contribution >= 0.6 is 0 Å². The van der Waals surface area contributed by atoms with Gasteiger partial charge < -0.3 is 9.47 Å². The van der Waals surface area contributed by atoms with Gasteiger partial charge >= 0.3 is 0 Å². The van der Waals surface area contributed by atoms with Crippen molar-refractivity contribution >= 4 is 0 Å². The number of hydrogen-bond donors (Lipinski definition) is 0. The normalized spacial score (nSPS) is 11.1. The summed E-state index contributed by atoms with van der Waals surface area (Å²) in [6.45, 7) is 6.06. The van der Waals surface area contributed by atoms with Gasteiger partial charge in [0.15, 0.2) is 0 Å². The number of para-hydroxylation sites is 1. The molecule has 2 aromatic rings. The van der Waals surface area contributed by atoms with Crippen LogP contribution in [0.2, 0.25) is 0 Å². The number of rotatable bonds is 3. The first kappa shape index (κ1) is 12.5. The average Bonchev–Trinajstić information content (AvgIpc) is 2.28. The molecule has 0 saturated carbocycles. The van der Waals surface area contributed by atoms with Crippen molar-refractivity contribution in [3.63, 3.8) is 0 Å². The minimum atomic E-state index is -0.211. The molecule has 0 bridgehead atoms. The molecule has 0 atom stereocenters. The summed E-state index contributed by atoms with van der Waals surface area (Å²) in [5, 5.41) is 0. The first-order valence-electron chi connectivity index (χ1n) is 5.97. The van der Waals surface area contributed by atoms with Crippen molar-refractivity contribution in [2.24, 2.45) is 0 Å². The molecule has 93 valence electrons. The van der Waals surface area contributed by atoms with E-state index >= 15 is 0 Å². The molecule has 2 aromatic carbocycles. The third-order valence-corrected chi connectivity index (χ3v) is 2.14. The van der Waals surface area contributed by atoms with Crippen LogP contribution in [0.15, 0.2) is 48.5 Å². The summed E-state index contributed by atoms with van der Waals surface area (Å²) in [4.78, 5) is 0. The molecule has 0 aliphatic rings. The van der Waals surface area contributed by atoms with E-state index in [2.05, 4.69) is 6.07 Å². The lowest BCUT2D eigenvalue weighted by atomic mass is 10.2. The van der Waals surface area contributed by atoms with Gasteiger partial charge in [-0.05, 0) is 39.0 Å². The van der Waals surface area contributed by atoms with Crippen LogP contribution < -0.4 is 9.47 Å². The maximum atomic E-state index is 5.79. The van der Waals surface area contributed by atoms with Crippen LogP contribution in [0.25, 0.3) is 0 Å². The first-order valence-corrected chi connectivity index (χ1v) is 5.97. The third kappa shape index (κ3) is 3.81. The number of hydrogen-bond acceptors (Lipinski definition) is 2. The summed E-state index contributed by atoms with van der Waals surface area (Å²) < 4.78 is 11.5. The predicted molar refractivity (Wildman–Crippen MR) is 72.2 cm³/mol. The predicted octanol–water partition coefficient (Wildman–Crippen LogP) is 4.46. The van der Waals surface area contributed by atoms with Gasteiger partial charge in [-0.15, -0.1) is 0 Å². The Balaban J connectivity index is 2.13. The maximum Gasteiger partial charge on any atom is 0.135 e. The van der Waals surface area contributed by atoms with Gasteiger partial charge in [0.25, 0.3) is 0 Å². The van der Waals surface area contributed by atoms with Gasteiger partial charge in [0.1, 0.15) is 22.8 Å². The molecule has 0 aromatic heterocycles. The lowest BCUT2D eigenvalue weighted by molar-refractivity contribution is 0.130. The highest BCUT2D eigenvalue weighted by Gasteiger charge is 2.12. The Bertz CT molecular complexity index is 498. The van der Waals surface area contributed by atoms with E-state index in [4.69, 9.17) is 9.47 Å². The van der Waals surface area contributed by atoms with Crippen LogP contribution in [-0.4, -0.2) is 5.60 Å². The quantitative estimate of drug-likeness (QED) is 0.790. The molecule has 0 amide bonds. The molecule has 0 heterocycles. The monoisotopic (exact) mass is 241 g/mol. The lowest BCUT2D eigenvalue weighted by Crippen LogP contribution is -2.22. The Labute approximate surface area is 108 Å². The molecule has 2 nitrogen and oxygen atoms in total. The Kier molecular flexibility index (Phi) is 3.56. The van der Waals surface area contributed by atoms with E-state index in [0.29, 0.717) is 5.75 Å². The maximum absolute atomic E-state index is 5.79. The molecule has 1 radical (unpaired) electrons. The fraction of sp³-hybridized carbons (Fsp3) is 0.250. The number of ether oxygens (including phenoxy) is 2. The van der Waals surface area contributed by atoms with E-state index in [1.807, 2.05) is 69.3 Å². The molecule has 2 rings (SSSR count). The van der Waals surface area contributed by atoms with Crippen LogP contribution in [0.5, 0.6) is 17.2 Å². The summed E-state index contributed by atoms with van der Waals surface area (Å²) >= 11 is 0. The minimum absolute atomic E-state index is 0.211. The van der Waals surface area contributed by atoms with Crippen LogP contribution in [-0.2, 0) is 0 Å². The topological polar surface area (TPSA) is 18.5 Å². The third-order valence-electron chi connectivity index (χ3n) is 2.14. The van der Waals surface area contributed by atoms with Crippen molar-refractivity contribution in [1.82, 2.24) is 0 Å². The molecular formula is C16H17O2. The fourth-order valence-corrected chi connectivity index (χ4v) is 1.52. The first-order chi connectivity index (χ1) is 8.53. The van der Waals surface area contributed by atoms with Crippen LogP contribution in [0.3, 0.4) is 0 Å². The Morgan fingerprint density at radius 2 is 1.72 bits per heavy atom. The number of benzene rings is 2. The fourth-order valence-electron chi connectivity index (χ4n) is 1.52. The average molecular weight is 241 g/mol. The molecular weight excluding hydrogens is 224 g/mol. The molecule has 0 saturated heterocycles. The van der Waals surface area contributed by atoms with E-state index in [9.17, 15) is 0 Å². The van der Waals surface area contributed by atoms with E-state index in [1.54, 1.807) is 0 Å². The van der Waals surface area contributed by atoms with Crippen molar-refractivity contribution in [3.8, 4) is 17.2 Å². The van der Waals surface area contributed by atoms with Gasteiger partial charge in [0.05, 0.1) is 0 Å². The van der Waals surface area contributed by atoms with Gasteiger partial charge in [-0.25, -0.2) is 0 Å². The SMILES string of the molecule is CC(C)(C)Oc1cccc(Oc2[c]cccc2)c1. The van der Waals surface area contributed by atoms with Gasteiger partial charge in [-0.3, -0.25) is 0 Å². The highest BCUT2D eigenvalue weighted by Crippen LogP contribution is 2.26. The summed E-state index contributed by atoms with van der Waals surface area (Å²) in [5.41, 5.74) is -0.211. The Morgan fingerprint density at radius 1 is 0.944 bits per heavy atom. The molecule has 0 spiro atoms. The zero-order valence-corrected chi connectivity index (χ0v) is 10.9. The molecule has 18 heavy (non-hydrogen) atoms. The van der Waals surface area contributed by atoms with Crippen molar-refractivity contribution in [3.05, 3.63) is 54.6 Å². The molecule has 2 heteroatoms. The molecule has 0 fully saturated rings. The smallest absolute Gasteiger partial charge is 0.135 e. The van der Waals surface area contributed by atoms with Gasteiger partial charge in [-0.1, -0.05) is 24.3 Å². The van der Waals surface area contributed by atoms with Crippen molar-refractivity contribution in [2.75, 3.05) is 0 Å². The van der Waals surface area contributed by atoms with Crippen LogP contribution in [0, 0.1) is 6.07 Å². The highest BCUT2D eigenvalue weighted by molar-refractivity contribution is 5.36. The van der Waals surface area contributed by atoms with E-state index in [1.165, 1.54) is 0 Å². The zero-order valence-electron chi connectivity index (χ0n) is 10.9. The summed E-state index contributed by atoms with van der Waals surface area (Å²) in [5.74, 6) is 2.25. The zero-order chi connectivity index (χ0) is 13.0. The second kappa shape index (κ2) is 5.13. The van der Waals surface area contributed by atoms with Crippen molar-refractivity contribution in [2.45, 2.75) is 26.4 Å². The Morgan fingerprint density at radius 3 is 2.39 bits per heavy atom. The summed E-state index contributed by atoms with van der Waals surface area (Å²) in [6.07, 6.45) is 0. The summed E-state index contributed by atoms with van der Waals surface area (Å²) in [6, 6.07) is 18.2. The molecule has 0 unspecified atom stereocenters. The largest absolute Gasteiger partial charge is 0.488 e. The van der Waals surface area contributed by atoms with E-state index in [-0.39, 0.29) is 5.60 Å². The minimum Gasteiger partial charge on any atom is -0.488 e. The second-order valence-corrected chi connectivity index (χ2v) is 5.02. The van der Waals surface area contributed by atoms with Crippen LogP contribution in [0.1, 0.15) is 20.8 Å². The Hall–Kier alpha value is -1.96.